The fraction of sp³-hybridized carbons (Fsp3) is 0.222. The molecule has 8 heteroatoms. The molecule has 26 heavy (non-hydrogen) atoms. The number of carbonyl (C=O) groups excluding carboxylic acids is 1. The van der Waals surface area contributed by atoms with Crippen molar-refractivity contribution >= 4 is 34.0 Å². The molecule has 0 fully saturated rings. The summed E-state index contributed by atoms with van der Waals surface area (Å²) in [7, 11) is 0. The van der Waals surface area contributed by atoms with Crippen LogP contribution in [0.1, 0.15) is 30.9 Å². The van der Waals surface area contributed by atoms with Crippen LogP contribution in [0.2, 0.25) is 5.15 Å². The Bertz CT molecular complexity index is 975. The zero-order valence-corrected chi connectivity index (χ0v) is 15.6. The number of hydrogen-bond donors (Lipinski definition) is 1. The quantitative estimate of drug-likeness (QED) is 0.671. The number of nitrogens with one attached hydrogen (secondary N) is 1. The summed E-state index contributed by atoms with van der Waals surface area (Å²) in [6, 6.07) is 11.2. The minimum absolute atomic E-state index is 0.156. The van der Waals surface area contributed by atoms with Crippen LogP contribution in [0.3, 0.4) is 0 Å². The summed E-state index contributed by atoms with van der Waals surface area (Å²) < 4.78 is 5.92. The number of halogens is 1. The maximum absolute atomic E-state index is 13.1. The normalized spacial score (nSPS) is 15.6. The van der Waals surface area contributed by atoms with Crippen molar-refractivity contribution in [1.29, 1.82) is 0 Å². The summed E-state index contributed by atoms with van der Waals surface area (Å²) in [4.78, 5) is 17.4. The highest BCUT2D eigenvalue weighted by Gasteiger charge is 2.44. The number of ether oxygens (including phenoxy) is 1. The summed E-state index contributed by atoms with van der Waals surface area (Å²) in [6.45, 7) is 3.79. The molecule has 3 aromatic rings. The predicted octanol–water partition coefficient (Wildman–Crippen LogP) is 4.49. The first-order valence-corrected chi connectivity index (χ1v) is 9.23. The smallest absolute Gasteiger partial charge is 0.232 e. The summed E-state index contributed by atoms with van der Waals surface area (Å²) >= 11 is 7.32. The van der Waals surface area contributed by atoms with Crippen molar-refractivity contribution in [3.8, 4) is 11.6 Å². The lowest BCUT2D eigenvalue weighted by Crippen LogP contribution is -2.38. The van der Waals surface area contributed by atoms with Crippen LogP contribution in [0.15, 0.2) is 41.9 Å². The molecular weight excluding hydrogens is 372 g/mol. The van der Waals surface area contributed by atoms with Crippen molar-refractivity contribution in [2.24, 2.45) is 5.41 Å². The van der Waals surface area contributed by atoms with E-state index in [0.717, 1.165) is 11.1 Å². The van der Waals surface area contributed by atoms with Crippen LogP contribution >= 0.6 is 22.9 Å². The van der Waals surface area contributed by atoms with Crippen LogP contribution in [0.25, 0.3) is 0 Å². The minimum atomic E-state index is -0.796. The summed E-state index contributed by atoms with van der Waals surface area (Å²) in [5.41, 5.74) is 2.54. The first-order chi connectivity index (χ1) is 12.5. The van der Waals surface area contributed by atoms with Crippen LogP contribution in [0, 0.1) is 5.41 Å². The standard InChI is InChI=1S/C18H15ClN4O2S/c1-18(2,16(24)22-17-23-20-9-26-17)14-10-5-3-4-6-12(10)25-15-11(14)7-8-13(19)21-15/h3-9,14H,1-2H3,(H,22,23,24)/t14-/m0/s1. The van der Waals surface area contributed by atoms with Gasteiger partial charge in [0.15, 0.2) is 0 Å². The van der Waals surface area contributed by atoms with E-state index in [1.165, 1.54) is 11.3 Å². The van der Waals surface area contributed by atoms with E-state index < -0.39 is 5.41 Å². The number of hydrogen-bond acceptors (Lipinski definition) is 6. The topological polar surface area (TPSA) is 77.0 Å². The average molecular weight is 387 g/mol. The lowest BCUT2D eigenvalue weighted by molar-refractivity contribution is -0.124. The van der Waals surface area contributed by atoms with Crippen molar-refractivity contribution in [2.45, 2.75) is 19.8 Å². The van der Waals surface area contributed by atoms with Crippen molar-refractivity contribution < 1.29 is 9.53 Å². The number of amides is 1. The Labute approximate surface area is 159 Å². The van der Waals surface area contributed by atoms with E-state index >= 15 is 0 Å². The fourth-order valence-corrected chi connectivity index (χ4v) is 3.79. The van der Waals surface area contributed by atoms with E-state index in [0.29, 0.717) is 21.9 Å². The van der Waals surface area contributed by atoms with Gasteiger partial charge in [-0.3, -0.25) is 4.79 Å². The number of pyridine rings is 1. The van der Waals surface area contributed by atoms with Crippen LogP contribution in [-0.2, 0) is 4.79 Å². The van der Waals surface area contributed by atoms with E-state index in [2.05, 4.69) is 20.5 Å². The van der Waals surface area contributed by atoms with Crippen LogP contribution < -0.4 is 10.1 Å². The van der Waals surface area contributed by atoms with Gasteiger partial charge in [0.2, 0.25) is 16.9 Å². The minimum Gasteiger partial charge on any atom is -0.438 e. The number of aromatic nitrogens is 3. The number of fused-ring (bicyclic) bond motifs is 2. The van der Waals surface area contributed by atoms with Gasteiger partial charge in [0.25, 0.3) is 0 Å². The van der Waals surface area contributed by atoms with E-state index in [1.807, 2.05) is 44.2 Å². The van der Waals surface area contributed by atoms with E-state index in [4.69, 9.17) is 16.3 Å². The second-order valence-electron chi connectivity index (χ2n) is 6.52. The van der Waals surface area contributed by atoms with E-state index in [9.17, 15) is 4.79 Å². The van der Waals surface area contributed by atoms with Crippen molar-refractivity contribution in [2.75, 3.05) is 5.32 Å². The Balaban J connectivity index is 1.80. The zero-order chi connectivity index (χ0) is 18.3. The molecule has 0 saturated heterocycles. The zero-order valence-electron chi connectivity index (χ0n) is 14.1. The Morgan fingerprint density at radius 1 is 1.23 bits per heavy atom. The highest BCUT2D eigenvalue weighted by atomic mass is 35.5. The molecule has 1 aliphatic heterocycles. The summed E-state index contributed by atoms with van der Waals surface area (Å²) in [5, 5.41) is 11.3. The van der Waals surface area contributed by atoms with Crippen molar-refractivity contribution in [1.82, 2.24) is 15.2 Å². The molecule has 0 saturated carbocycles. The molecule has 2 aromatic heterocycles. The molecule has 1 atom stereocenters. The fourth-order valence-electron chi connectivity index (χ4n) is 3.21. The molecular formula is C18H15ClN4O2S. The SMILES string of the molecule is CC(C)(C(=O)Nc1nncs1)[C@H]1c2ccccc2Oc2nc(Cl)ccc21. The van der Waals surface area contributed by atoms with Gasteiger partial charge in [0.1, 0.15) is 16.4 Å². The monoisotopic (exact) mass is 386 g/mol. The molecule has 3 heterocycles. The molecule has 6 nitrogen and oxygen atoms in total. The van der Waals surface area contributed by atoms with Crippen LogP contribution in [0.5, 0.6) is 11.6 Å². The lowest BCUT2D eigenvalue weighted by atomic mass is 9.70. The molecule has 1 amide bonds. The third-order valence-corrected chi connectivity index (χ3v) is 5.31. The Kier molecular flexibility index (Phi) is 4.13. The molecule has 132 valence electrons. The number of nitrogens with zero attached hydrogens (tertiary/aromatic N) is 3. The van der Waals surface area contributed by atoms with Crippen molar-refractivity contribution in [3.63, 3.8) is 0 Å². The predicted molar refractivity (Wildman–Crippen MR) is 99.9 cm³/mol. The second-order valence-corrected chi connectivity index (χ2v) is 7.74. The van der Waals surface area contributed by atoms with Gasteiger partial charge in [-0.05, 0) is 18.2 Å². The van der Waals surface area contributed by atoms with Crippen molar-refractivity contribution in [3.05, 3.63) is 58.2 Å². The molecule has 0 unspecified atom stereocenters. The number of rotatable bonds is 3. The lowest BCUT2D eigenvalue weighted by Gasteiger charge is -2.37. The average Bonchev–Trinajstić information content (AvgIpc) is 3.12. The maximum atomic E-state index is 13.1. The number of anilines is 1. The third-order valence-electron chi connectivity index (χ3n) is 4.49. The molecule has 0 bridgehead atoms. The number of benzene rings is 1. The molecule has 0 spiro atoms. The van der Waals surface area contributed by atoms with Gasteiger partial charge in [-0.2, -0.15) is 0 Å². The summed E-state index contributed by atoms with van der Waals surface area (Å²) in [6.07, 6.45) is 0. The largest absolute Gasteiger partial charge is 0.438 e. The molecule has 0 radical (unpaired) electrons. The molecule has 1 aromatic carbocycles. The molecule has 4 rings (SSSR count). The highest BCUT2D eigenvalue weighted by molar-refractivity contribution is 7.13. The molecule has 1 N–H and O–H groups in total. The van der Waals surface area contributed by atoms with Crippen LogP contribution in [0.4, 0.5) is 5.13 Å². The van der Waals surface area contributed by atoms with Gasteiger partial charge in [-0.15, -0.1) is 10.2 Å². The van der Waals surface area contributed by atoms with Gasteiger partial charge < -0.3 is 10.1 Å². The first kappa shape index (κ1) is 16.9. The van der Waals surface area contributed by atoms with E-state index in [1.54, 1.807) is 11.6 Å². The number of para-hydroxylation sites is 1. The van der Waals surface area contributed by atoms with Gasteiger partial charge in [0, 0.05) is 17.0 Å². The first-order valence-electron chi connectivity index (χ1n) is 7.97. The van der Waals surface area contributed by atoms with Gasteiger partial charge in [0.05, 0.1) is 5.41 Å². The maximum Gasteiger partial charge on any atom is 0.232 e. The highest BCUT2D eigenvalue weighted by Crippen LogP contribution is 2.51. The Hall–Kier alpha value is -2.51. The molecule has 0 aliphatic carbocycles. The Morgan fingerprint density at radius 3 is 2.81 bits per heavy atom. The van der Waals surface area contributed by atoms with Gasteiger partial charge >= 0.3 is 0 Å². The van der Waals surface area contributed by atoms with Crippen LogP contribution in [-0.4, -0.2) is 21.1 Å². The van der Waals surface area contributed by atoms with E-state index in [-0.39, 0.29) is 11.8 Å². The molecule has 1 aliphatic rings. The summed E-state index contributed by atoms with van der Waals surface area (Å²) in [5.74, 6) is 0.700. The second kappa shape index (κ2) is 6.34. The van der Waals surface area contributed by atoms with Gasteiger partial charge in [-0.1, -0.05) is 55.0 Å². The third kappa shape index (κ3) is 2.83. The number of carbonyl (C=O) groups is 1. The Morgan fingerprint density at radius 2 is 2.04 bits per heavy atom. The van der Waals surface area contributed by atoms with Gasteiger partial charge in [-0.25, -0.2) is 4.98 Å².